The number of rotatable bonds is 4. The second-order valence-electron chi connectivity index (χ2n) is 6.27. The van der Waals surface area contributed by atoms with Crippen LogP contribution < -0.4 is 5.32 Å². The summed E-state index contributed by atoms with van der Waals surface area (Å²) in [6.07, 6.45) is 1.23. The number of sulfonamides is 1. The van der Waals surface area contributed by atoms with E-state index in [1.165, 1.54) is 4.31 Å². The van der Waals surface area contributed by atoms with E-state index in [0.29, 0.717) is 35.1 Å². The maximum absolute atomic E-state index is 12.9. The summed E-state index contributed by atoms with van der Waals surface area (Å²) in [5.41, 5.74) is 0.457. The van der Waals surface area contributed by atoms with Crippen LogP contribution in [-0.2, 0) is 14.8 Å². The smallest absolute Gasteiger partial charge is 0.243 e. The summed E-state index contributed by atoms with van der Waals surface area (Å²) in [5, 5.41) is 3.58. The minimum atomic E-state index is -3.64. The topological polar surface area (TPSA) is 66.5 Å². The van der Waals surface area contributed by atoms with Gasteiger partial charge in [-0.1, -0.05) is 39.1 Å². The molecular weight excluding hydrogens is 475 g/mol. The molecule has 27 heavy (non-hydrogen) atoms. The molecule has 0 aromatic heterocycles. The zero-order valence-electron chi connectivity index (χ0n) is 14.2. The molecule has 1 atom stereocenters. The van der Waals surface area contributed by atoms with Crippen LogP contribution in [0.25, 0.3) is 0 Å². The van der Waals surface area contributed by atoms with Gasteiger partial charge in [0.05, 0.1) is 21.5 Å². The second kappa shape index (κ2) is 8.49. The molecule has 1 fully saturated rings. The summed E-state index contributed by atoms with van der Waals surface area (Å²) in [6, 6.07) is 11.3. The Kier molecular flexibility index (Phi) is 6.48. The molecule has 1 aliphatic heterocycles. The van der Waals surface area contributed by atoms with Gasteiger partial charge in [-0.25, -0.2) is 8.42 Å². The van der Waals surface area contributed by atoms with E-state index < -0.39 is 15.9 Å². The SMILES string of the molecule is O=C(Nc1ccc(Cl)cc1Cl)C1CCCN(S(=O)(=O)c2ccc(Br)cc2)C1. The standard InChI is InChI=1S/C18H17BrCl2N2O3S/c19-13-3-6-15(7-4-13)27(25,26)23-9-1-2-12(11-23)18(24)22-17-8-5-14(20)10-16(17)21/h3-8,10,12H,1-2,9,11H2,(H,22,24). The van der Waals surface area contributed by atoms with Crippen molar-refractivity contribution < 1.29 is 13.2 Å². The Hall–Kier alpha value is -1.12. The highest BCUT2D eigenvalue weighted by Gasteiger charge is 2.33. The normalized spacial score (nSPS) is 18.3. The first kappa shape index (κ1) is 20.6. The predicted octanol–water partition coefficient (Wildman–Crippen LogP) is 4.80. The van der Waals surface area contributed by atoms with E-state index in [0.717, 1.165) is 4.47 Å². The zero-order valence-corrected chi connectivity index (χ0v) is 18.1. The summed E-state index contributed by atoms with van der Waals surface area (Å²) in [7, 11) is -3.64. The fourth-order valence-corrected chi connectivity index (χ4v) is 5.20. The van der Waals surface area contributed by atoms with Crippen molar-refractivity contribution in [1.29, 1.82) is 0 Å². The van der Waals surface area contributed by atoms with Crippen LogP contribution >= 0.6 is 39.1 Å². The highest BCUT2D eigenvalue weighted by atomic mass is 79.9. The van der Waals surface area contributed by atoms with Gasteiger partial charge in [-0.3, -0.25) is 4.79 Å². The fraction of sp³-hybridized carbons (Fsp3) is 0.278. The molecule has 0 aliphatic carbocycles. The number of amides is 1. The van der Waals surface area contributed by atoms with Crippen molar-refractivity contribution >= 4 is 60.7 Å². The van der Waals surface area contributed by atoms with Crippen molar-refractivity contribution in [2.75, 3.05) is 18.4 Å². The number of hydrogen-bond donors (Lipinski definition) is 1. The number of nitrogens with one attached hydrogen (secondary N) is 1. The monoisotopic (exact) mass is 490 g/mol. The number of nitrogens with zero attached hydrogens (tertiary/aromatic N) is 1. The first-order chi connectivity index (χ1) is 12.8. The van der Waals surface area contributed by atoms with Crippen LogP contribution in [0.3, 0.4) is 0 Å². The molecule has 144 valence electrons. The van der Waals surface area contributed by atoms with E-state index in [2.05, 4.69) is 21.2 Å². The number of hydrogen-bond acceptors (Lipinski definition) is 3. The lowest BCUT2D eigenvalue weighted by atomic mass is 9.99. The Balaban J connectivity index is 1.73. The van der Waals surface area contributed by atoms with E-state index in [4.69, 9.17) is 23.2 Å². The van der Waals surface area contributed by atoms with Crippen molar-refractivity contribution in [2.24, 2.45) is 5.92 Å². The second-order valence-corrected chi connectivity index (χ2v) is 9.97. The molecule has 0 radical (unpaired) electrons. The minimum absolute atomic E-state index is 0.134. The number of carbonyl (C=O) groups is 1. The van der Waals surface area contributed by atoms with Crippen LogP contribution in [-0.4, -0.2) is 31.7 Å². The van der Waals surface area contributed by atoms with E-state index >= 15 is 0 Å². The van der Waals surface area contributed by atoms with Gasteiger partial charge in [-0.05, 0) is 55.3 Å². The Morgan fingerprint density at radius 2 is 1.85 bits per heavy atom. The summed E-state index contributed by atoms with van der Waals surface area (Å²) in [5.74, 6) is -0.703. The molecule has 3 rings (SSSR count). The lowest BCUT2D eigenvalue weighted by molar-refractivity contribution is -0.120. The van der Waals surface area contributed by atoms with Gasteiger partial charge in [0, 0.05) is 22.6 Å². The molecule has 2 aromatic rings. The maximum Gasteiger partial charge on any atom is 0.243 e. The van der Waals surface area contributed by atoms with E-state index in [1.807, 2.05) is 0 Å². The number of benzene rings is 2. The molecule has 1 N–H and O–H groups in total. The largest absolute Gasteiger partial charge is 0.324 e. The minimum Gasteiger partial charge on any atom is -0.324 e. The van der Waals surface area contributed by atoms with Gasteiger partial charge >= 0.3 is 0 Å². The van der Waals surface area contributed by atoms with Crippen LogP contribution in [0.2, 0.25) is 10.0 Å². The summed E-state index contributed by atoms with van der Waals surface area (Å²) >= 11 is 15.3. The average molecular weight is 492 g/mol. The Morgan fingerprint density at radius 3 is 2.52 bits per heavy atom. The molecular formula is C18H17BrCl2N2O3S. The molecule has 1 unspecified atom stereocenters. The number of piperidine rings is 1. The zero-order chi connectivity index (χ0) is 19.6. The number of halogens is 3. The number of anilines is 1. The number of carbonyl (C=O) groups excluding carboxylic acids is 1. The third-order valence-corrected chi connectivity index (χ3v) is 7.35. The molecule has 1 saturated heterocycles. The van der Waals surface area contributed by atoms with E-state index in [1.54, 1.807) is 42.5 Å². The van der Waals surface area contributed by atoms with Gasteiger partial charge in [-0.2, -0.15) is 4.31 Å². The lowest BCUT2D eigenvalue weighted by Gasteiger charge is -2.31. The molecule has 0 spiro atoms. The molecule has 2 aromatic carbocycles. The molecule has 1 heterocycles. The van der Waals surface area contributed by atoms with Gasteiger partial charge in [0.1, 0.15) is 0 Å². The first-order valence-corrected chi connectivity index (χ1v) is 11.3. The fourth-order valence-electron chi connectivity index (χ4n) is 2.96. The Bertz CT molecular complexity index is 952. The third-order valence-electron chi connectivity index (χ3n) is 4.40. The maximum atomic E-state index is 12.9. The Morgan fingerprint density at radius 1 is 1.15 bits per heavy atom. The highest BCUT2D eigenvalue weighted by Crippen LogP contribution is 2.28. The van der Waals surface area contributed by atoms with Crippen LogP contribution in [0.1, 0.15) is 12.8 Å². The third kappa shape index (κ3) is 4.84. The molecule has 1 amide bonds. The van der Waals surface area contributed by atoms with Gasteiger partial charge in [-0.15, -0.1) is 0 Å². The molecule has 0 bridgehead atoms. The van der Waals surface area contributed by atoms with Crippen LogP contribution in [0.5, 0.6) is 0 Å². The molecule has 9 heteroatoms. The molecule has 0 saturated carbocycles. The van der Waals surface area contributed by atoms with Crippen LogP contribution in [0.4, 0.5) is 5.69 Å². The van der Waals surface area contributed by atoms with Crippen molar-refractivity contribution in [3.8, 4) is 0 Å². The summed E-state index contributed by atoms with van der Waals surface area (Å²) in [4.78, 5) is 12.8. The van der Waals surface area contributed by atoms with Gasteiger partial charge in [0.15, 0.2) is 0 Å². The quantitative estimate of drug-likeness (QED) is 0.668. The highest BCUT2D eigenvalue weighted by molar-refractivity contribution is 9.10. The van der Waals surface area contributed by atoms with E-state index in [-0.39, 0.29) is 17.3 Å². The van der Waals surface area contributed by atoms with Gasteiger partial charge in [0.2, 0.25) is 15.9 Å². The van der Waals surface area contributed by atoms with E-state index in [9.17, 15) is 13.2 Å². The van der Waals surface area contributed by atoms with Crippen molar-refractivity contribution in [1.82, 2.24) is 4.31 Å². The summed E-state index contributed by atoms with van der Waals surface area (Å²) < 4.78 is 27.9. The molecule has 1 aliphatic rings. The van der Waals surface area contributed by atoms with Crippen molar-refractivity contribution in [3.05, 3.63) is 57.0 Å². The Labute approximate surface area is 176 Å². The van der Waals surface area contributed by atoms with Gasteiger partial charge in [0.25, 0.3) is 0 Å². The van der Waals surface area contributed by atoms with Gasteiger partial charge < -0.3 is 5.32 Å². The summed E-state index contributed by atoms with van der Waals surface area (Å²) in [6.45, 7) is 0.527. The van der Waals surface area contributed by atoms with Crippen LogP contribution in [0.15, 0.2) is 51.8 Å². The van der Waals surface area contributed by atoms with Crippen molar-refractivity contribution in [3.63, 3.8) is 0 Å². The molecule has 5 nitrogen and oxygen atoms in total. The average Bonchev–Trinajstić information content (AvgIpc) is 2.64. The lowest BCUT2D eigenvalue weighted by Crippen LogP contribution is -2.43. The van der Waals surface area contributed by atoms with Crippen molar-refractivity contribution in [2.45, 2.75) is 17.7 Å². The van der Waals surface area contributed by atoms with Crippen LogP contribution in [0, 0.1) is 5.92 Å². The first-order valence-electron chi connectivity index (χ1n) is 8.29. The predicted molar refractivity (Wildman–Crippen MR) is 111 cm³/mol.